The summed E-state index contributed by atoms with van der Waals surface area (Å²) in [5, 5.41) is 0. The van der Waals surface area contributed by atoms with E-state index in [2.05, 4.69) is 44.0 Å². The van der Waals surface area contributed by atoms with Gasteiger partial charge in [0.05, 0.1) is 5.69 Å². The Bertz CT molecular complexity index is 787. The molecule has 33 heavy (non-hydrogen) atoms. The SMILES string of the molecule is C/C=C\c1c(C)ccnc1C1CCC[C@@H](C)C1.C[C@@H](C=O)C1CCCCC1.[HH].c1ccccc1. The highest BCUT2D eigenvalue weighted by Crippen LogP contribution is 2.37. The van der Waals surface area contributed by atoms with Crippen LogP contribution < -0.4 is 0 Å². The molecule has 3 atom stereocenters. The third-order valence-corrected chi connectivity index (χ3v) is 7.17. The Morgan fingerprint density at radius 2 is 1.61 bits per heavy atom. The van der Waals surface area contributed by atoms with Crippen LogP contribution in [0.3, 0.4) is 0 Å². The number of hydrogen-bond acceptors (Lipinski definition) is 2. The van der Waals surface area contributed by atoms with Gasteiger partial charge in [-0.15, -0.1) is 0 Å². The molecule has 4 rings (SSSR count). The molecule has 2 heteroatoms. The van der Waals surface area contributed by atoms with Crippen molar-refractivity contribution in [2.75, 3.05) is 0 Å². The second-order valence-electron chi connectivity index (χ2n) is 9.94. The number of aryl methyl sites for hydroxylation is 1. The molecule has 0 N–H and O–H groups in total. The molecule has 2 saturated carbocycles. The number of benzene rings is 1. The maximum absolute atomic E-state index is 10.4. The highest BCUT2D eigenvalue weighted by Gasteiger charge is 2.23. The molecule has 1 aromatic carbocycles. The summed E-state index contributed by atoms with van der Waals surface area (Å²) in [5.41, 5.74) is 4.04. The van der Waals surface area contributed by atoms with Crippen LogP contribution in [0.4, 0.5) is 0 Å². The number of aldehydes is 1. The lowest BCUT2D eigenvalue weighted by molar-refractivity contribution is -0.112. The standard InChI is InChI=1S/C16H23N.C9H16O.C6H6.H2/c1-4-6-15-13(3)9-10-17-16(15)14-8-5-7-12(2)11-14;1-8(7-10)9-5-3-2-4-6-9;1-2-4-6-5-3-1;/h4,6,9-10,12,14H,5,7-8,11H2,1-3H3;7-9H,2-6H2,1H3;1-6H;1H/b6-4-;;;/t12-,14?;8-;;/m10../s1. The van der Waals surface area contributed by atoms with Gasteiger partial charge in [-0.05, 0) is 68.6 Å². The zero-order valence-corrected chi connectivity index (χ0v) is 21.4. The highest BCUT2D eigenvalue weighted by molar-refractivity contribution is 5.56. The summed E-state index contributed by atoms with van der Waals surface area (Å²) < 4.78 is 0. The third-order valence-electron chi connectivity index (χ3n) is 7.17. The largest absolute Gasteiger partial charge is 0.303 e. The number of pyridine rings is 1. The number of aromatic nitrogens is 1. The number of carbonyl (C=O) groups excluding carboxylic acids is 1. The Morgan fingerprint density at radius 1 is 0.970 bits per heavy atom. The Kier molecular flexibility index (Phi) is 12.8. The molecular formula is C31H47NO. The van der Waals surface area contributed by atoms with E-state index < -0.39 is 0 Å². The van der Waals surface area contributed by atoms with Gasteiger partial charge in [-0.1, -0.05) is 94.5 Å². The molecule has 2 nitrogen and oxygen atoms in total. The molecular weight excluding hydrogens is 402 g/mol. The molecule has 2 aliphatic rings. The maximum atomic E-state index is 10.4. The van der Waals surface area contributed by atoms with Crippen molar-refractivity contribution in [3.8, 4) is 0 Å². The van der Waals surface area contributed by atoms with Crippen LogP contribution in [0, 0.1) is 24.7 Å². The fourth-order valence-corrected chi connectivity index (χ4v) is 5.14. The second-order valence-corrected chi connectivity index (χ2v) is 9.94. The Labute approximate surface area is 204 Å². The predicted molar refractivity (Wildman–Crippen MR) is 144 cm³/mol. The number of rotatable bonds is 4. The van der Waals surface area contributed by atoms with Crippen molar-refractivity contribution < 1.29 is 6.22 Å². The van der Waals surface area contributed by atoms with Gasteiger partial charge in [0.2, 0.25) is 0 Å². The van der Waals surface area contributed by atoms with Gasteiger partial charge in [-0.25, -0.2) is 0 Å². The fraction of sp³-hybridized carbons (Fsp3) is 0.548. The molecule has 2 aromatic rings. The lowest BCUT2D eigenvalue weighted by Crippen LogP contribution is -2.15. The van der Waals surface area contributed by atoms with E-state index in [1.54, 1.807) is 0 Å². The number of hydrogen-bond donors (Lipinski definition) is 0. The van der Waals surface area contributed by atoms with Crippen molar-refractivity contribution in [1.82, 2.24) is 4.98 Å². The first kappa shape index (κ1) is 27.0. The molecule has 0 bridgehead atoms. The van der Waals surface area contributed by atoms with Gasteiger partial charge >= 0.3 is 0 Å². The fourth-order valence-electron chi connectivity index (χ4n) is 5.14. The molecule has 0 amide bonds. The first-order valence-corrected chi connectivity index (χ1v) is 13.1. The Morgan fingerprint density at radius 3 is 2.15 bits per heavy atom. The van der Waals surface area contributed by atoms with Crippen LogP contribution in [0.15, 0.2) is 54.7 Å². The van der Waals surface area contributed by atoms with Crippen LogP contribution in [0.1, 0.15) is 103 Å². The van der Waals surface area contributed by atoms with Gasteiger partial charge in [-0.3, -0.25) is 4.98 Å². The zero-order valence-electron chi connectivity index (χ0n) is 21.4. The molecule has 0 aliphatic heterocycles. The number of nitrogens with zero attached hydrogens (tertiary/aromatic N) is 1. The van der Waals surface area contributed by atoms with Gasteiger partial charge < -0.3 is 4.79 Å². The van der Waals surface area contributed by atoms with E-state index in [0.717, 1.165) is 12.2 Å². The van der Waals surface area contributed by atoms with Crippen molar-refractivity contribution in [3.05, 3.63) is 71.6 Å². The quantitative estimate of drug-likeness (QED) is 0.436. The van der Waals surface area contributed by atoms with Crippen LogP contribution in [0.2, 0.25) is 0 Å². The second kappa shape index (κ2) is 15.6. The molecule has 0 saturated heterocycles. The lowest BCUT2D eigenvalue weighted by atomic mass is 9.79. The topological polar surface area (TPSA) is 30.0 Å². The van der Waals surface area contributed by atoms with Crippen LogP contribution >= 0.6 is 0 Å². The average molecular weight is 450 g/mol. The number of carbonyl (C=O) groups is 1. The molecule has 182 valence electrons. The van der Waals surface area contributed by atoms with Crippen molar-refractivity contribution in [2.45, 2.75) is 91.4 Å². The van der Waals surface area contributed by atoms with Crippen LogP contribution in [-0.2, 0) is 4.79 Å². The lowest BCUT2D eigenvalue weighted by Gasteiger charge is -2.27. The summed E-state index contributed by atoms with van der Waals surface area (Å²) in [4.78, 5) is 15.1. The van der Waals surface area contributed by atoms with Gasteiger partial charge in [0.1, 0.15) is 6.29 Å². The van der Waals surface area contributed by atoms with Gasteiger partial charge in [0, 0.05) is 19.5 Å². The Balaban J connectivity index is 0.000000287. The minimum atomic E-state index is 0. The molecule has 1 aromatic heterocycles. The summed E-state index contributed by atoms with van der Waals surface area (Å²) in [6.45, 7) is 8.69. The summed E-state index contributed by atoms with van der Waals surface area (Å²) in [7, 11) is 0. The normalized spacial score (nSPS) is 21.8. The first-order valence-electron chi connectivity index (χ1n) is 13.1. The number of allylic oxidation sites excluding steroid dienone is 1. The minimum Gasteiger partial charge on any atom is -0.303 e. The van der Waals surface area contributed by atoms with E-state index in [4.69, 9.17) is 0 Å². The van der Waals surface area contributed by atoms with Crippen molar-refractivity contribution in [1.29, 1.82) is 0 Å². The Hall–Kier alpha value is -2.22. The van der Waals surface area contributed by atoms with Crippen molar-refractivity contribution in [3.63, 3.8) is 0 Å². The summed E-state index contributed by atoms with van der Waals surface area (Å²) >= 11 is 0. The summed E-state index contributed by atoms with van der Waals surface area (Å²) in [6, 6.07) is 14.1. The van der Waals surface area contributed by atoms with Gasteiger partial charge in [-0.2, -0.15) is 0 Å². The highest BCUT2D eigenvalue weighted by atomic mass is 16.1. The van der Waals surface area contributed by atoms with E-state index >= 15 is 0 Å². The molecule has 1 heterocycles. The monoisotopic (exact) mass is 449 g/mol. The first-order chi connectivity index (χ1) is 16.1. The molecule has 2 aliphatic carbocycles. The minimum absolute atomic E-state index is 0. The van der Waals surface area contributed by atoms with Crippen LogP contribution in [0.5, 0.6) is 0 Å². The van der Waals surface area contributed by atoms with E-state index in [0.29, 0.717) is 17.8 Å². The van der Waals surface area contributed by atoms with Crippen LogP contribution in [-0.4, -0.2) is 11.3 Å². The predicted octanol–water partition coefficient (Wildman–Crippen LogP) is 9.05. The molecule has 0 spiro atoms. The summed E-state index contributed by atoms with van der Waals surface area (Å²) in [5.74, 6) is 2.53. The zero-order chi connectivity index (χ0) is 23.9. The van der Waals surface area contributed by atoms with Crippen LogP contribution in [0.25, 0.3) is 6.08 Å². The average Bonchev–Trinajstić information content (AvgIpc) is 2.87. The van der Waals surface area contributed by atoms with E-state index in [1.807, 2.05) is 49.5 Å². The van der Waals surface area contributed by atoms with E-state index in [1.165, 1.54) is 74.6 Å². The smallest absolute Gasteiger partial charge is 0.123 e. The maximum Gasteiger partial charge on any atom is 0.123 e. The van der Waals surface area contributed by atoms with E-state index in [-0.39, 0.29) is 1.43 Å². The van der Waals surface area contributed by atoms with Gasteiger partial charge in [0.25, 0.3) is 0 Å². The van der Waals surface area contributed by atoms with Crippen molar-refractivity contribution >= 4 is 12.4 Å². The summed E-state index contributed by atoms with van der Waals surface area (Å²) in [6.07, 6.45) is 19.4. The molecule has 1 unspecified atom stereocenters. The van der Waals surface area contributed by atoms with E-state index in [9.17, 15) is 4.79 Å². The van der Waals surface area contributed by atoms with Crippen molar-refractivity contribution in [2.24, 2.45) is 17.8 Å². The van der Waals surface area contributed by atoms with Gasteiger partial charge in [0.15, 0.2) is 0 Å². The molecule has 0 radical (unpaired) electrons. The third kappa shape index (κ3) is 9.66. The molecule has 2 fully saturated rings.